The monoisotopic (exact) mass is 463 g/mol. The number of rotatable bonds is 5. The Hall–Kier alpha value is -2.12. The van der Waals surface area contributed by atoms with E-state index in [1.807, 2.05) is 36.5 Å². The van der Waals surface area contributed by atoms with Gasteiger partial charge in [0.2, 0.25) is 0 Å². The van der Waals surface area contributed by atoms with E-state index in [1.165, 1.54) is 0 Å². The van der Waals surface area contributed by atoms with Crippen molar-refractivity contribution in [2.75, 3.05) is 0 Å². The number of fused-ring (bicyclic) bond motifs is 1. The highest BCUT2D eigenvalue weighted by Gasteiger charge is 2.13. The summed E-state index contributed by atoms with van der Waals surface area (Å²) in [5, 5.41) is 5.04. The molecule has 0 aliphatic rings. The maximum Gasteiger partial charge on any atom is 0.280 e. The largest absolute Gasteiger partial charge is 0.481 e. The lowest BCUT2D eigenvalue weighted by Crippen LogP contribution is -2.33. The summed E-state index contributed by atoms with van der Waals surface area (Å²) in [6.45, 7) is 1.68. The molecule has 0 aliphatic carbocycles. The van der Waals surface area contributed by atoms with E-state index in [9.17, 15) is 4.79 Å². The van der Waals surface area contributed by atoms with Crippen LogP contribution >= 0.6 is 31.9 Å². The Morgan fingerprint density at radius 3 is 2.68 bits per heavy atom. The molecule has 0 unspecified atom stereocenters. The molecule has 0 saturated carbocycles. The average molecular weight is 465 g/mol. The number of hydrazone groups is 1. The van der Waals surface area contributed by atoms with Gasteiger partial charge in [-0.2, -0.15) is 5.10 Å². The van der Waals surface area contributed by atoms with Crippen molar-refractivity contribution in [2.24, 2.45) is 5.10 Å². The van der Waals surface area contributed by atoms with Gasteiger partial charge >= 0.3 is 0 Å². The topological polar surface area (TPSA) is 66.5 Å². The molecule has 7 heteroatoms. The van der Waals surface area contributed by atoms with Crippen LogP contribution in [-0.4, -0.2) is 23.2 Å². The van der Waals surface area contributed by atoms with Crippen LogP contribution in [0.15, 0.2) is 62.7 Å². The summed E-state index contributed by atoms with van der Waals surface area (Å²) >= 11 is 6.81. The fourth-order valence-electron chi connectivity index (χ4n) is 2.25. The molecule has 5 nitrogen and oxygen atoms in total. The average Bonchev–Trinajstić information content (AvgIpc) is 2.99. The van der Waals surface area contributed by atoms with Crippen LogP contribution in [0.2, 0.25) is 0 Å². The quantitative estimate of drug-likeness (QED) is 0.427. The Labute approximate surface area is 161 Å². The Bertz CT molecular complexity index is 920. The van der Waals surface area contributed by atoms with Crippen LogP contribution in [-0.2, 0) is 4.79 Å². The summed E-state index contributed by atoms with van der Waals surface area (Å²) in [6, 6.07) is 13.2. The molecule has 1 aromatic heterocycles. The number of halogens is 2. The van der Waals surface area contributed by atoms with Crippen molar-refractivity contribution in [3.05, 3.63) is 63.2 Å². The van der Waals surface area contributed by atoms with Gasteiger partial charge in [0.25, 0.3) is 5.91 Å². The second-order valence-electron chi connectivity index (χ2n) is 5.38. The first kappa shape index (κ1) is 17.7. The number of nitrogens with zero attached hydrogens (tertiary/aromatic N) is 1. The first-order chi connectivity index (χ1) is 12.0. The van der Waals surface area contributed by atoms with Gasteiger partial charge in [-0.1, -0.05) is 31.9 Å². The number of carbonyl (C=O) groups is 1. The molecule has 3 aromatic rings. The molecule has 0 aliphatic heterocycles. The molecular formula is C18H15Br2N3O2. The van der Waals surface area contributed by atoms with Crippen LogP contribution in [0.5, 0.6) is 5.75 Å². The molecule has 2 aromatic carbocycles. The number of benzene rings is 2. The normalized spacial score (nSPS) is 12.4. The van der Waals surface area contributed by atoms with E-state index in [0.29, 0.717) is 5.75 Å². The van der Waals surface area contributed by atoms with E-state index in [0.717, 1.165) is 25.4 Å². The van der Waals surface area contributed by atoms with E-state index in [2.05, 4.69) is 47.4 Å². The van der Waals surface area contributed by atoms with Crippen molar-refractivity contribution in [1.82, 2.24) is 10.4 Å². The lowest BCUT2D eigenvalue weighted by molar-refractivity contribution is -0.127. The third kappa shape index (κ3) is 4.49. The summed E-state index contributed by atoms with van der Waals surface area (Å²) in [7, 11) is 0. The summed E-state index contributed by atoms with van der Waals surface area (Å²) in [5.41, 5.74) is 4.39. The van der Waals surface area contributed by atoms with Crippen LogP contribution in [0.4, 0.5) is 0 Å². The zero-order valence-electron chi connectivity index (χ0n) is 13.3. The maximum atomic E-state index is 12.1. The number of ether oxygens (including phenoxy) is 1. The van der Waals surface area contributed by atoms with Crippen LogP contribution in [0.3, 0.4) is 0 Å². The Morgan fingerprint density at radius 1 is 1.20 bits per heavy atom. The van der Waals surface area contributed by atoms with Gasteiger partial charge in [-0.05, 0) is 49.4 Å². The van der Waals surface area contributed by atoms with Gasteiger partial charge in [-0.15, -0.1) is 0 Å². The van der Waals surface area contributed by atoms with Crippen molar-refractivity contribution in [3.63, 3.8) is 0 Å². The van der Waals surface area contributed by atoms with Crippen molar-refractivity contribution in [1.29, 1.82) is 0 Å². The third-order valence-electron chi connectivity index (χ3n) is 3.55. The van der Waals surface area contributed by atoms with Gasteiger partial charge in [0.15, 0.2) is 6.10 Å². The lowest BCUT2D eigenvalue weighted by Gasteiger charge is -2.12. The molecule has 1 atom stereocenters. The molecule has 0 radical (unpaired) electrons. The summed E-state index contributed by atoms with van der Waals surface area (Å²) in [4.78, 5) is 15.2. The summed E-state index contributed by atoms with van der Waals surface area (Å²) in [5.74, 6) is 0.302. The Balaban J connectivity index is 1.61. The highest BCUT2D eigenvalue weighted by molar-refractivity contribution is 9.10. The molecule has 0 fully saturated rings. The van der Waals surface area contributed by atoms with Crippen LogP contribution in [0, 0.1) is 0 Å². The minimum Gasteiger partial charge on any atom is -0.481 e. The van der Waals surface area contributed by atoms with E-state index in [4.69, 9.17) is 4.74 Å². The maximum absolute atomic E-state index is 12.1. The lowest BCUT2D eigenvalue weighted by atomic mass is 10.2. The zero-order valence-corrected chi connectivity index (χ0v) is 16.5. The fourth-order valence-corrected chi connectivity index (χ4v) is 2.87. The molecule has 25 heavy (non-hydrogen) atoms. The number of carbonyl (C=O) groups excluding carboxylic acids is 1. The van der Waals surface area contributed by atoms with E-state index < -0.39 is 6.10 Å². The number of amides is 1. The van der Waals surface area contributed by atoms with Crippen LogP contribution in [0.25, 0.3) is 10.9 Å². The molecule has 0 bridgehead atoms. The second-order valence-corrected chi connectivity index (χ2v) is 7.21. The molecule has 0 spiro atoms. The number of aromatic nitrogens is 1. The fraction of sp³-hybridized carbons (Fsp3) is 0.111. The van der Waals surface area contributed by atoms with Gasteiger partial charge in [-0.25, -0.2) is 5.43 Å². The highest BCUT2D eigenvalue weighted by Crippen LogP contribution is 2.21. The predicted octanol–water partition coefficient (Wildman–Crippen LogP) is 4.61. The van der Waals surface area contributed by atoms with Crippen LogP contribution in [0.1, 0.15) is 12.5 Å². The van der Waals surface area contributed by atoms with E-state index in [1.54, 1.807) is 25.3 Å². The molecule has 1 amide bonds. The van der Waals surface area contributed by atoms with Gasteiger partial charge in [0, 0.05) is 31.6 Å². The minimum atomic E-state index is -0.657. The summed E-state index contributed by atoms with van der Waals surface area (Å²) < 4.78 is 7.52. The SMILES string of the molecule is C[C@H](Oc1ccc(Br)cc1)C(=O)N/N=C\c1c[nH]c2ccc(Br)cc12. The molecule has 2 N–H and O–H groups in total. The highest BCUT2D eigenvalue weighted by atomic mass is 79.9. The third-order valence-corrected chi connectivity index (χ3v) is 4.57. The van der Waals surface area contributed by atoms with Crippen molar-refractivity contribution >= 4 is 54.9 Å². The number of nitrogens with one attached hydrogen (secondary N) is 2. The first-order valence-corrected chi connectivity index (χ1v) is 9.13. The zero-order chi connectivity index (χ0) is 17.8. The van der Waals surface area contributed by atoms with Crippen molar-refractivity contribution in [3.8, 4) is 5.75 Å². The molecular weight excluding hydrogens is 450 g/mol. The van der Waals surface area contributed by atoms with Crippen molar-refractivity contribution < 1.29 is 9.53 Å². The molecule has 3 rings (SSSR count). The minimum absolute atomic E-state index is 0.319. The Kier molecular flexibility index (Phi) is 5.55. The van der Waals surface area contributed by atoms with Gasteiger partial charge < -0.3 is 9.72 Å². The molecule has 1 heterocycles. The predicted molar refractivity (Wildman–Crippen MR) is 106 cm³/mol. The van der Waals surface area contributed by atoms with Gasteiger partial charge in [0.1, 0.15) is 5.75 Å². The number of hydrogen-bond donors (Lipinski definition) is 2. The van der Waals surface area contributed by atoms with E-state index >= 15 is 0 Å². The van der Waals surface area contributed by atoms with E-state index in [-0.39, 0.29) is 5.91 Å². The molecule has 128 valence electrons. The van der Waals surface area contributed by atoms with Gasteiger partial charge in [-0.3, -0.25) is 4.79 Å². The number of hydrogen-bond acceptors (Lipinski definition) is 3. The first-order valence-electron chi connectivity index (χ1n) is 7.55. The van der Waals surface area contributed by atoms with Crippen LogP contribution < -0.4 is 10.2 Å². The second kappa shape index (κ2) is 7.84. The Morgan fingerprint density at radius 2 is 1.92 bits per heavy atom. The smallest absolute Gasteiger partial charge is 0.280 e. The summed E-state index contributed by atoms with van der Waals surface area (Å²) in [6.07, 6.45) is 2.79. The van der Waals surface area contributed by atoms with Crippen molar-refractivity contribution in [2.45, 2.75) is 13.0 Å². The standard InChI is InChI=1S/C18H15Br2N3O2/c1-11(25-15-5-2-13(19)3-6-15)18(24)23-22-10-12-9-21-17-7-4-14(20)8-16(12)17/h2-11,21H,1H3,(H,23,24)/b22-10-/t11-/m0/s1. The molecule has 0 saturated heterocycles. The number of aromatic amines is 1. The number of H-pyrrole nitrogens is 1. The van der Waals surface area contributed by atoms with Gasteiger partial charge in [0.05, 0.1) is 6.21 Å².